The summed E-state index contributed by atoms with van der Waals surface area (Å²) < 4.78 is 14.3. The van der Waals surface area contributed by atoms with Crippen LogP contribution < -0.4 is 20.7 Å². The third-order valence-electron chi connectivity index (χ3n) is 5.24. The van der Waals surface area contributed by atoms with E-state index in [9.17, 15) is 14.0 Å². The number of rotatable bonds is 5. The maximum absolute atomic E-state index is 13.1. The predicted molar refractivity (Wildman–Crippen MR) is 119 cm³/mol. The number of amides is 1. The van der Waals surface area contributed by atoms with Gasteiger partial charge in [0.1, 0.15) is 18.2 Å². The van der Waals surface area contributed by atoms with Crippen LogP contribution in [0.2, 0.25) is 0 Å². The van der Waals surface area contributed by atoms with Crippen molar-refractivity contribution in [1.29, 1.82) is 0 Å². The number of nitrogens with one attached hydrogen (secondary N) is 1. The molecule has 0 aliphatic carbocycles. The molecule has 1 fully saturated rings. The highest BCUT2D eigenvalue weighted by atomic mass is 19.1. The minimum absolute atomic E-state index is 0.157. The Morgan fingerprint density at radius 2 is 1.71 bits per heavy atom. The van der Waals surface area contributed by atoms with Crippen molar-refractivity contribution in [2.24, 2.45) is 0 Å². The summed E-state index contributed by atoms with van der Waals surface area (Å²) in [5, 5.41) is 7.21. The van der Waals surface area contributed by atoms with Gasteiger partial charge in [0.05, 0.1) is 0 Å². The number of hydrogen-bond donors (Lipinski definition) is 1. The summed E-state index contributed by atoms with van der Waals surface area (Å²) >= 11 is 0. The molecule has 0 unspecified atom stereocenters. The lowest BCUT2D eigenvalue weighted by Gasteiger charge is -2.36. The van der Waals surface area contributed by atoms with Gasteiger partial charge in [-0.15, -0.1) is 0 Å². The smallest absolute Gasteiger partial charge is 0.267 e. The Hall–Kier alpha value is -3.68. The Bertz CT molecular complexity index is 1120. The van der Waals surface area contributed by atoms with E-state index in [-0.39, 0.29) is 23.8 Å². The Labute approximate surface area is 179 Å². The molecule has 7 nitrogen and oxygen atoms in total. The van der Waals surface area contributed by atoms with Crippen molar-refractivity contribution < 1.29 is 9.18 Å². The molecule has 3 aromatic rings. The van der Waals surface area contributed by atoms with Crippen molar-refractivity contribution in [3.8, 4) is 0 Å². The van der Waals surface area contributed by atoms with Gasteiger partial charge in [0.25, 0.3) is 5.56 Å². The number of piperazine rings is 1. The molecule has 0 bridgehead atoms. The van der Waals surface area contributed by atoms with Gasteiger partial charge in [-0.3, -0.25) is 9.59 Å². The molecule has 0 atom stereocenters. The van der Waals surface area contributed by atoms with Crippen LogP contribution in [-0.2, 0) is 11.3 Å². The third kappa shape index (κ3) is 5.09. The van der Waals surface area contributed by atoms with Crippen molar-refractivity contribution in [2.75, 3.05) is 41.3 Å². The molecule has 1 amide bonds. The van der Waals surface area contributed by atoms with Crippen molar-refractivity contribution in [1.82, 2.24) is 9.78 Å². The molecule has 1 N–H and O–H groups in total. The zero-order valence-electron chi connectivity index (χ0n) is 17.3. The molecule has 4 rings (SSSR count). The number of aryl methyl sites for hydroxylation is 1. The normalized spacial score (nSPS) is 13.9. The maximum Gasteiger partial charge on any atom is 0.267 e. The SMILES string of the molecule is Cc1cccc(NC(=O)Cn2nc(N3CCN(c4ccc(F)cc4)CC3)ccc2=O)c1. The van der Waals surface area contributed by atoms with Gasteiger partial charge < -0.3 is 15.1 Å². The van der Waals surface area contributed by atoms with Gasteiger partial charge >= 0.3 is 0 Å². The molecule has 160 valence electrons. The van der Waals surface area contributed by atoms with Crippen LogP contribution in [0.3, 0.4) is 0 Å². The summed E-state index contributed by atoms with van der Waals surface area (Å²) in [5.41, 5.74) is 2.38. The first-order chi connectivity index (χ1) is 15.0. The van der Waals surface area contributed by atoms with E-state index in [4.69, 9.17) is 0 Å². The van der Waals surface area contributed by atoms with E-state index in [0.29, 0.717) is 24.6 Å². The molecule has 31 heavy (non-hydrogen) atoms. The van der Waals surface area contributed by atoms with Crippen molar-refractivity contribution in [3.63, 3.8) is 0 Å². The fourth-order valence-electron chi connectivity index (χ4n) is 3.63. The molecule has 1 saturated heterocycles. The standard InChI is InChI=1S/C23H24FN5O2/c1-17-3-2-4-19(15-17)25-22(30)16-29-23(31)10-9-21(26-29)28-13-11-27(12-14-28)20-7-5-18(24)6-8-20/h2-10,15H,11-14,16H2,1H3,(H,25,30). The summed E-state index contributed by atoms with van der Waals surface area (Å²) in [6.07, 6.45) is 0. The van der Waals surface area contributed by atoms with Gasteiger partial charge in [-0.2, -0.15) is 5.10 Å². The van der Waals surface area contributed by atoms with Crippen molar-refractivity contribution >= 4 is 23.1 Å². The largest absolute Gasteiger partial charge is 0.368 e. The zero-order valence-corrected chi connectivity index (χ0v) is 17.3. The number of halogens is 1. The summed E-state index contributed by atoms with van der Waals surface area (Å²) in [7, 11) is 0. The zero-order chi connectivity index (χ0) is 21.8. The van der Waals surface area contributed by atoms with Gasteiger partial charge in [0, 0.05) is 43.6 Å². The lowest BCUT2D eigenvalue weighted by Crippen LogP contribution is -2.47. The van der Waals surface area contributed by atoms with Gasteiger partial charge in [0.15, 0.2) is 0 Å². The van der Waals surface area contributed by atoms with Crippen molar-refractivity contribution in [3.05, 3.63) is 82.4 Å². The van der Waals surface area contributed by atoms with Gasteiger partial charge in [-0.05, 0) is 55.0 Å². The number of carbonyl (C=O) groups is 1. The van der Waals surface area contributed by atoms with E-state index in [2.05, 4.69) is 20.2 Å². The Kier molecular flexibility index (Phi) is 5.97. The molecule has 1 aliphatic heterocycles. The molecule has 2 heterocycles. The van der Waals surface area contributed by atoms with Gasteiger partial charge in [0.2, 0.25) is 5.91 Å². The highest BCUT2D eigenvalue weighted by molar-refractivity contribution is 5.90. The molecule has 2 aromatic carbocycles. The fourth-order valence-corrected chi connectivity index (χ4v) is 3.63. The van der Waals surface area contributed by atoms with Crippen molar-refractivity contribution in [2.45, 2.75) is 13.5 Å². The number of nitrogens with zero attached hydrogens (tertiary/aromatic N) is 4. The summed E-state index contributed by atoms with van der Waals surface area (Å²) in [4.78, 5) is 28.9. The fraction of sp³-hybridized carbons (Fsp3) is 0.261. The number of hydrogen-bond acceptors (Lipinski definition) is 5. The number of anilines is 3. The first-order valence-electron chi connectivity index (χ1n) is 10.2. The Balaban J connectivity index is 1.40. The van der Waals surface area contributed by atoms with Crippen LogP contribution in [0.5, 0.6) is 0 Å². The molecule has 1 aliphatic rings. The lowest BCUT2D eigenvalue weighted by molar-refractivity contribution is -0.117. The topological polar surface area (TPSA) is 70.5 Å². The van der Waals surface area contributed by atoms with Crippen LogP contribution in [0, 0.1) is 12.7 Å². The maximum atomic E-state index is 13.1. The van der Waals surface area contributed by atoms with E-state index < -0.39 is 0 Å². The van der Waals surface area contributed by atoms with Crippen LogP contribution in [0.1, 0.15) is 5.56 Å². The second kappa shape index (κ2) is 8.99. The Morgan fingerprint density at radius 3 is 2.42 bits per heavy atom. The monoisotopic (exact) mass is 421 g/mol. The average Bonchev–Trinajstić information content (AvgIpc) is 2.76. The van der Waals surface area contributed by atoms with Gasteiger partial charge in [-0.1, -0.05) is 12.1 Å². The number of aromatic nitrogens is 2. The second-order valence-corrected chi connectivity index (χ2v) is 7.56. The van der Waals surface area contributed by atoms with E-state index in [1.165, 1.54) is 22.9 Å². The highest BCUT2D eigenvalue weighted by Gasteiger charge is 2.19. The average molecular weight is 421 g/mol. The van der Waals surface area contributed by atoms with E-state index >= 15 is 0 Å². The number of carbonyl (C=O) groups excluding carboxylic acids is 1. The molecule has 8 heteroatoms. The Morgan fingerprint density at radius 1 is 1.00 bits per heavy atom. The molecular formula is C23H24FN5O2. The molecule has 0 saturated carbocycles. The summed E-state index contributed by atoms with van der Waals surface area (Å²) in [6, 6.07) is 17.1. The quantitative estimate of drug-likeness (QED) is 0.686. The molecule has 0 spiro atoms. The second-order valence-electron chi connectivity index (χ2n) is 7.56. The summed E-state index contributed by atoms with van der Waals surface area (Å²) in [6.45, 7) is 4.70. The first-order valence-corrected chi connectivity index (χ1v) is 10.2. The number of benzene rings is 2. The predicted octanol–water partition coefficient (Wildman–Crippen LogP) is 2.66. The minimum atomic E-state index is -0.326. The van der Waals surface area contributed by atoms with E-state index in [0.717, 1.165) is 24.3 Å². The van der Waals surface area contributed by atoms with Crippen LogP contribution in [0.15, 0.2) is 65.5 Å². The minimum Gasteiger partial charge on any atom is -0.368 e. The van der Waals surface area contributed by atoms with Crippen LogP contribution >= 0.6 is 0 Å². The van der Waals surface area contributed by atoms with Crippen LogP contribution in [0.25, 0.3) is 0 Å². The lowest BCUT2D eigenvalue weighted by atomic mass is 10.2. The first kappa shape index (κ1) is 20.6. The van der Waals surface area contributed by atoms with Crippen LogP contribution in [0.4, 0.5) is 21.6 Å². The highest BCUT2D eigenvalue weighted by Crippen LogP contribution is 2.19. The van der Waals surface area contributed by atoms with Crippen LogP contribution in [-0.4, -0.2) is 41.9 Å². The summed E-state index contributed by atoms with van der Waals surface area (Å²) in [5.74, 6) is 0.0977. The van der Waals surface area contributed by atoms with Gasteiger partial charge in [-0.25, -0.2) is 9.07 Å². The molecule has 0 radical (unpaired) electrons. The van der Waals surface area contributed by atoms with E-state index in [1.807, 2.05) is 25.1 Å². The molecule has 1 aromatic heterocycles. The van der Waals surface area contributed by atoms with E-state index in [1.54, 1.807) is 24.3 Å². The molecular weight excluding hydrogens is 397 g/mol. The third-order valence-corrected chi connectivity index (χ3v) is 5.24.